The molecule has 1 aromatic carbocycles. The fraction of sp³-hybridized carbons (Fsp3) is 0.500. The third kappa shape index (κ3) is 1.74. The smallest absolute Gasteiger partial charge is 0.165 e. The molecule has 2 aliphatic rings. The molecule has 3 heterocycles. The molecule has 1 saturated heterocycles. The molecule has 0 radical (unpaired) electrons. The van der Waals surface area contributed by atoms with Crippen molar-refractivity contribution in [2.75, 3.05) is 26.7 Å². The van der Waals surface area contributed by atoms with E-state index in [0.717, 1.165) is 30.4 Å². The average Bonchev–Trinajstić information content (AvgIpc) is 2.76. The number of aromatic amines is 1. The molecule has 1 aromatic heterocycles. The molecule has 2 atom stereocenters. The number of rotatable bonds is 1. The minimum absolute atomic E-state index is 0.269. The molecule has 3 nitrogen and oxygen atoms in total. The molecule has 2 aliphatic heterocycles. The Kier molecular flexibility index (Phi) is 2.74. The number of benzene rings is 1. The van der Waals surface area contributed by atoms with Crippen LogP contribution in [0, 0.1) is 5.82 Å². The normalized spacial score (nSPS) is 25.3. The van der Waals surface area contributed by atoms with Gasteiger partial charge in [-0.05, 0) is 37.4 Å². The van der Waals surface area contributed by atoms with Crippen LogP contribution in [0.1, 0.15) is 30.0 Å². The zero-order valence-corrected chi connectivity index (χ0v) is 11.7. The van der Waals surface area contributed by atoms with Crippen LogP contribution in [0.2, 0.25) is 0 Å². The second-order valence-electron chi connectivity index (χ2n) is 5.94. The zero-order chi connectivity index (χ0) is 13.7. The molecule has 2 bridgehead atoms. The van der Waals surface area contributed by atoms with Gasteiger partial charge in [0.1, 0.15) is 0 Å². The van der Waals surface area contributed by atoms with E-state index < -0.39 is 0 Å². The molecule has 0 saturated carbocycles. The van der Waals surface area contributed by atoms with E-state index in [1.165, 1.54) is 37.8 Å². The molecule has 0 aliphatic carbocycles. The van der Waals surface area contributed by atoms with E-state index >= 15 is 0 Å². The number of fused-ring (bicyclic) bond motifs is 6. The number of hydrogen-bond donors (Lipinski definition) is 1. The molecule has 2 aromatic rings. The number of halogens is 1. The van der Waals surface area contributed by atoms with E-state index in [2.05, 4.69) is 9.88 Å². The molecule has 4 rings (SSSR count). The summed E-state index contributed by atoms with van der Waals surface area (Å²) in [6.45, 7) is 3.43. The summed E-state index contributed by atoms with van der Waals surface area (Å²) in [6.07, 6.45) is 3.50. The minimum atomic E-state index is -0.269. The van der Waals surface area contributed by atoms with Crippen molar-refractivity contribution in [1.82, 2.24) is 9.88 Å². The first-order valence-corrected chi connectivity index (χ1v) is 7.36. The number of nitrogens with one attached hydrogen (secondary N) is 1. The van der Waals surface area contributed by atoms with E-state index in [1.54, 1.807) is 12.1 Å². The zero-order valence-electron chi connectivity index (χ0n) is 11.7. The first kappa shape index (κ1) is 12.2. The number of piperidine rings is 1. The number of nitrogens with zero attached hydrogens (tertiary/aromatic N) is 1. The Morgan fingerprint density at radius 3 is 3.10 bits per heavy atom. The third-order valence-electron chi connectivity index (χ3n) is 4.80. The van der Waals surface area contributed by atoms with Crippen LogP contribution in [-0.4, -0.2) is 36.6 Å². The van der Waals surface area contributed by atoms with Crippen molar-refractivity contribution in [2.45, 2.75) is 25.2 Å². The largest absolute Gasteiger partial charge is 0.494 e. The van der Waals surface area contributed by atoms with Crippen LogP contribution in [0.3, 0.4) is 0 Å². The van der Waals surface area contributed by atoms with E-state index in [9.17, 15) is 4.39 Å². The highest BCUT2D eigenvalue weighted by Crippen LogP contribution is 2.37. The fourth-order valence-electron chi connectivity index (χ4n) is 3.81. The monoisotopic (exact) mass is 274 g/mol. The predicted molar refractivity (Wildman–Crippen MR) is 76.9 cm³/mol. The Balaban J connectivity index is 1.90. The number of H-pyrrole nitrogens is 1. The maximum Gasteiger partial charge on any atom is 0.165 e. The average molecular weight is 274 g/mol. The lowest BCUT2D eigenvalue weighted by molar-refractivity contribution is 0.217. The Labute approximate surface area is 117 Å². The van der Waals surface area contributed by atoms with Gasteiger partial charge in [-0.2, -0.15) is 0 Å². The van der Waals surface area contributed by atoms with Gasteiger partial charge < -0.3 is 14.6 Å². The summed E-state index contributed by atoms with van der Waals surface area (Å²) >= 11 is 0. The quantitative estimate of drug-likeness (QED) is 0.865. The maximum atomic E-state index is 14.0. The number of methoxy groups -OCH3 is 1. The second kappa shape index (κ2) is 4.48. The van der Waals surface area contributed by atoms with Gasteiger partial charge >= 0.3 is 0 Å². The van der Waals surface area contributed by atoms with E-state index in [1.807, 2.05) is 0 Å². The van der Waals surface area contributed by atoms with Gasteiger partial charge in [0.2, 0.25) is 0 Å². The Morgan fingerprint density at radius 2 is 2.25 bits per heavy atom. The summed E-state index contributed by atoms with van der Waals surface area (Å²) in [5.74, 6) is 0.621. The van der Waals surface area contributed by atoms with Gasteiger partial charge in [0.25, 0.3) is 0 Å². The van der Waals surface area contributed by atoms with Crippen molar-refractivity contribution in [2.24, 2.45) is 0 Å². The Bertz CT molecular complexity index is 664. The Morgan fingerprint density at radius 1 is 1.35 bits per heavy atom. The van der Waals surface area contributed by atoms with Crippen LogP contribution in [0.5, 0.6) is 5.75 Å². The van der Waals surface area contributed by atoms with Gasteiger partial charge in [0.15, 0.2) is 11.6 Å². The van der Waals surface area contributed by atoms with Gasteiger partial charge in [-0.15, -0.1) is 0 Å². The highest BCUT2D eigenvalue weighted by atomic mass is 19.1. The molecule has 2 unspecified atom stereocenters. The minimum Gasteiger partial charge on any atom is -0.494 e. The van der Waals surface area contributed by atoms with Crippen LogP contribution >= 0.6 is 0 Å². The maximum absolute atomic E-state index is 14.0. The van der Waals surface area contributed by atoms with E-state index in [4.69, 9.17) is 4.74 Å². The van der Waals surface area contributed by atoms with Gasteiger partial charge in [0, 0.05) is 41.7 Å². The number of aromatic nitrogens is 1. The predicted octanol–water partition coefficient (Wildman–Crippen LogP) is 3.05. The van der Waals surface area contributed by atoms with Crippen molar-refractivity contribution in [3.8, 4) is 5.75 Å². The topological polar surface area (TPSA) is 28.3 Å². The summed E-state index contributed by atoms with van der Waals surface area (Å²) in [6, 6.07) is 3.42. The first-order valence-electron chi connectivity index (χ1n) is 7.36. The lowest BCUT2D eigenvalue weighted by Crippen LogP contribution is -2.33. The van der Waals surface area contributed by atoms with Crippen LogP contribution < -0.4 is 4.74 Å². The van der Waals surface area contributed by atoms with Crippen molar-refractivity contribution in [1.29, 1.82) is 0 Å². The molecule has 1 fully saturated rings. The van der Waals surface area contributed by atoms with Crippen LogP contribution in [0.15, 0.2) is 12.1 Å². The van der Waals surface area contributed by atoms with Crippen LogP contribution in [0.25, 0.3) is 10.9 Å². The summed E-state index contributed by atoms with van der Waals surface area (Å²) in [4.78, 5) is 6.08. The van der Waals surface area contributed by atoms with Crippen molar-refractivity contribution >= 4 is 10.9 Å². The summed E-state index contributed by atoms with van der Waals surface area (Å²) in [7, 11) is 1.51. The van der Waals surface area contributed by atoms with Crippen molar-refractivity contribution in [3.63, 3.8) is 0 Å². The standard InChI is InChI=1S/C16H19FN2O/c1-20-15-8-14-12(7-13(15)17)11-4-6-19-5-2-3-10(9-19)16(11)18-14/h7-8,10,18H,2-6,9H2,1H3. The van der Waals surface area contributed by atoms with Crippen molar-refractivity contribution in [3.05, 3.63) is 29.2 Å². The summed E-state index contributed by atoms with van der Waals surface area (Å²) in [5.41, 5.74) is 3.65. The second-order valence-corrected chi connectivity index (χ2v) is 5.94. The lowest BCUT2D eigenvalue weighted by atomic mass is 9.93. The molecule has 1 N–H and O–H groups in total. The highest BCUT2D eigenvalue weighted by Gasteiger charge is 2.29. The molecule has 4 heteroatoms. The number of ether oxygens (including phenoxy) is 1. The van der Waals surface area contributed by atoms with Crippen molar-refractivity contribution < 1.29 is 9.13 Å². The molecule has 0 spiro atoms. The van der Waals surface area contributed by atoms with Gasteiger partial charge in [-0.3, -0.25) is 0 Å². The van der Waals surface area contributed by atoms with Gasteiger partial charge in [0.05, 0.1) is 7.11 Å². The SMILES string of the molecule is COc1cc2[nH]c3c(c2cc1F)CCN1CCCC3C1. The van der Waals surface area contributed by atoms with Crippen LogP contribution in [-0.2, 0) is 6.42 Å². The number of hydrogen-bond acceptors (Lipinski definition) is 2. The molecule has 106 valence electrons. The molecule has 0 amide bonds. The highest BCUT2D eigenvalue weighted by molar-refractivity contribution is 5.86. The van der Waals surface area contributed by atoms with E-state index in [0.29, 0.717) is 11.7 Å². The first-order chi connectivity index (χ1) is 9.76. The summed E-state index contributed by atoms with van der Waals surface area (Å²) < 4.78 is 19.1. The van der Waals surface area contributed by atoms with Gasteiger partial charge in [-0.1, -0.05) is 0 Å². The summed E-state index contributed by atoms with van der Waals surface area (Å²) in [5, 5.41) is 1.03. The third-order valence-corrected chi connectivity index (χ3v) is 4.80. The molecular weight excluding hydrogens is 255 g/mol. The lowest BCUT2D eigenvalue weighted by Gasteiger charge is -2.29. The van der Waals surface area contributed by atoms with Crippen LogP contribution in [0.4, 0.5) is 4.39 Å². The van der Waals surface area contributed by atoms with Gasteiger partial charge in [-0.25, -0.2) is 4.39 Å². The fourth-order valence-corrected chi connectivity index (χ4v) is 3.81. The Hall–Kier alpha value is -1.55. The molecule has 20 heavy (non-hydrogen) atoms. The molecular formula is C16H19FN2O. The van der Waals surface area contributed by atoms with E-state index in [-0.39, 0.29) is 5.82 Å².